The van der Waals surface area contributed by atoms with Gasteiger partial charge in [0.2, 0.25) is 0 Å². The summed E-state index contributed by atoms with van der Waals surface area (Å²) in [7, 11) is 0. The Balaban J connectivity index is 1.55. The first kappa shape index (κ1) is 25.5. The van der Waals surface area contributed by atoms with Crippen LogP contribution in [-0.4, -0.2) is 24.5 Å². The molecule has 0 atom stereocenters. The van der Waals surface area contributed by atoms with E-state index < -0.39 is 17.8 Å². The molecule has 1 heterocycles. The molecule has 3 aromatic carbocycles. The third-order valence-electron chi connectivity index (χ3n) is 5.25. The van der Waals surface area contributed by atoms with E-state index in [2.05, 4.69) is 21.2 Å². The summed E-state index contributed by atoms with van der Waals surface area (Å²) in [5.74, 6) is -0.508. The first-order valence-corrected chi connectivity index (χ1v) is 12.3. The largest absolute Gasteiger partial charge is 0.493 e. The fourth-order valence-corrected chi connectivity index (χ4v) is 3.91. The third kappa shape index (κ3) is 5.95. The molecule has 0 saturated carbocycles. The third-order valence-corrected chi connectivity index (χ3v) is 6.01. The van der Waals surface area contributed by atoms with Crippen LogP contribution in [0, 0.1) is 0 Å². The number of carbonyl (C=O) groups is 3. The molecule has 3 aromatic rings. The molecule has 1 N–H and O–H groups in total. The van der Waals surface area contributed by atoms with Gasteiger partial charge >= 0.3 is 6.03 Å². The van der Waals surface area contributed by atoms with Crippen molar-refractivity contribution in [3.05, 3.63) is 92.9 Å². The zero-order valence-electron chi connectivity index (χ0n) is 19.3. The van der Waals surface area contributed by atoms with E-state index in [9.17, 15) is 14.4 Å². The molecule has 9 heteroatoms. The number of amides is 4. The number of rotatable bonds is 8. The predicted octanol–water partition coefficient (Wildman–Crippen LogP) is 6.14. The van der Waals surface area contributed by atoms with E-state index in [1.165, 1.54) is 6.08 Å². The number of hydrogen-bond donors (Lipinski definition) is 1. The van der Waals surface area contributed by atoms with E-state index in [-0.39, 0.29) is 5.57 Å². The molecule has 36 heavy (non-hydrogen) atoms. The Labute approximate surface area is 221 Å². The molecule has 1 saturated heterocycles. The number of barbiturate groups is 1. The molecular weight excluding hydrogens is 548 g/mol. The zero-order valence-corrected chi connectivity index (χ0v) is 21.6. The van der Waals surface area contributed by atoms with Gasteiger partial charge in [0.1, 0.15) is 23.7 Å². The minimum absolute atomic E-state index is 0.214. The summed E-state index contributed by atoms with van der Waals surface area (Å²) in [5.41, 5.74) is 1.53. The smallest absolute Gasteiger partial charge is 0.335 e. The lowest BCUT2D eigenvalue weighted by Gasteiger charge is -2.26. The molecule has 1 fully saturated rings. The van der Waals surface area contributed by atoms with Gasteiger partial charge in [-0.05, 0) is 72.7 Å². The number of halogens is 2. The van der Waals surface area contributed by atoms with Crippen molar-refractivity contribution in [1.29, 1.82) is 0 Å². The lowest BCUT2D eigenvalue weighted by Crippen LogP contribution is -2.54. The number of hydrogen-bond acceptors (Lipinski definition) is 5. The fraction of sp³-hybridized carbons (Fsp3) is 0.148. The van der Waals surface area contributed by atoms with Crippen LogP contribution in [0.5, 0.6) is 11.5 Å². The van der Waals surface area contributed by atoms with Crippen LogP contribution >= 0.6 is 27.5 Å². The van der Waals surface area contributed by atoms with Gasteiger partial charge in [-0.2, -0.15) is 0 Å². The van der Waals surface area contributed by atoms with Crippen LogP contribution in [0.25, 0.3) is 6.08 Å². The van der Waals surface area contributed by atoms with E-state index in [1.54, 1.807) is 42.5 Å². The van der Waals surface area contributed by atoms with Crippen molar-refractivity contribution in [2.24, 2.45) is 0 Å². The summed E-state index contributed by atoms with van der Waals surface area (Å²) < 4.78 is 12.5. The van der Waals surface area contributed by atoms with Crippen molar-refractivity contribution in [3.8, 4) is 11.5 Å². The molecule has 1 aliphatic heterocycles. The molecule has 4 rings (SSSR count). The number of carbonyl (C=O) groups excluding carboxylic acids is 3. The first-order valence-electron chi connectivity index (χ1n) is 11.2. The van der Waals surface area contributed by atoms with Crippen molar-refractivity contribution in [1.82, 2.24) is 5.32 Å². The molecule has 4 amide bonds. The quantitative estimate of drug-likeness (QED) is 0.260. The normalized spacial score (nSPS) is 14.7. The van der Waals surface area contributed by atoms with E-state index in [0.717, 1.165) is 21.4 Å². The highest BCUT2D eigenvalue weighted by molar-refractivity contribution is 9.10. The number of anilines is 1. The van der Waals surface area contributed by atoms with Gasteiger partial charge in [0.25, 0.3) is 11.8 Å². The van der Waals surface area contributed by atoms with E-state index in [0.29, 0.717) is 41.0 Å². The van der Waals surface area contributed by atoms with Gasteiger partial charge < -0.3 is 9.47 Å². The van der Waals surface area contributed by atoms with Gasteiger partial charge in [-0.25, -0.2) is 9.69 Å². The molecule has 0 bridgehead atoms. The Hall–Kier alpha value is -3.62. The highest BCUT2D eigenvalue weighted by Gasteiger charge is 2.37. The van der Waals surface area contributed by atoms with Crippen LogP contribution in [-0.2, 0) is 16.2 Å². The van der Waals surface area contributed by atoms with Gasteiger partial charge in [-0.3, -0.25) is 14.9 Å². The van der Waals surface area contributed by atoms with E-state index in [4.69, 9.17) is 21.1 Å². The summed E-state index contributed by atoms with van der Waals surface area (Å²) in [6, 6.07) is 18.3. The highest BCUT2D eigenvalue weighted by atomic mass is 79.9. The number of urea groups is 1. The van der Waals surface area contributed by atoms with Crippen LogP contribution in [0.15, 0.2) is 76.8 Å². The minimum atomic E-state index is -0.834. The maximum Gasteiger partial charge on any atom is 0.335 e. The molecular formula is C27H22BrClN2O5. The molecule has 7 nitrogen and oxygen atoms in total. The first-order chi connectivity index (χ1) is 17.4. The minimum Gasteiger partial charge on any atom is -0.493 e. The Kier molecular flexibility index (Phi) is 8.07. The number of imide groups is 2. The van der Waals surface area contributed by atoms with Crippen molar-refractivity contribution < 1.29 is 23.9 Å². The van der Waals surface area contributed by atoms with Crippen molar-refractivity contribution in [3.63, 3.8) is 0 Å². The van der Waals surface area contributed by atoms with Gasteiger partial charge in [0.15, 0.2) is 0 Å². The monoisotopic (exact) mass is 568 g/mol. The van der Waals surface area contributed by atoms with E-state index in [1.807, 2.05) is 31.2 Å². The van der Waals surface area contributed by atoms with Crippen molar-refractivity contribution >= 4 is 57.1 Å². The van der Waals surface area contributed by atoms with Gasteiger partial charge in [-0.15, -0.1) is 0 Å². The maximum absolute atomic E-state index is 13.3. The Bertz CT molecular complexity index is 1320. The molecule has 0 spiro atoms. The van der Waals surface area contributed by atoms with Crippen LogP contribution in [0.2, 0.25) is 5.02 Å². The van der Waals surface area contributed by atoms with Crippen LogP contribution in [0.3, 0.4) is 0 Å². The average Bonchev–Trinajstić information content (AvgIpc) is 2.86. The molecule has 1 aliphatic rings. The number of nitrogens with one attached hydrogen (secondary N) is 1. The molecule has 0 aliphatic carbocycles. The number of benzene rings is 3. The SMILES string of the molecule is CCCOc1ccc(Cl)cc1/C=C1\C(=O)NC(=O)N(c2ccc(OCc3ccc(Br)cc3)cc2)C1=O. The van der Waals surface area contributed by atoms with Gasteiger partial charge in [0, 0.05) is 15.1 Å². The van der Waals surface area contributed by atoms with Crippen LogP contribution in [0.1, 0.15) is 24.5 Å². The Morgan fingerprint density at radius 2 is 1.69 bits per heavy atom. The van der Waals surface area contributed by atoms with Crippen LogP contribution in [0.4, 0.5) is 10.5 Å². The standard InChI is InChI=1S/C27H22BrClN2O5/c1-2-13-35-24-12-7-20(29)14-18(24)15-23-25(32)30-27(34)31(26(23)33)21-8-10-22(11-9-21)36-16-17-3-5-19(28)6-4-17/h3-12,14-15H,2,13,16H2,1H3,(H,30,32,34)/b23-15+. The number of nitrogens with zero attached hydrogens (tertiary/aromatic N) is 1. The summed E-state index contributed by atoms with van der Waals surface area (Å²) in [6.07, 6.45) is 2.16. The highest BCUT2D eigenvalue weighted by Crippen LogP contribution is 2.29. The van der Waals surface area contributed by atoms with Gasteiger partial charge in [0.05, 0.1) is 12.3 Å². The van der Waals surface area contributed by atoms with Crippen molar-refractivity contribution in [2.75, 3.05) is 11.5 Å². The summed E-state index contributed by atoms with van der Waals surface area (Å²) in [6.45, 7) is 2.78. The topological polar surface area (TPSA) is 84.9 Å². The lowest BCUT2D eigenvalue weighted by atomic mass is 10.1. The average molecular weight is 570 g/mol. The van der Waals surface area contributed by atoms with Crippen molar-refractivity contribution in [2.45, 2.75) is 20.0 Å². The second-order valence-electron chi connectivity index (χ2n) is 7.90. The lowest BCUT2D eigenvalue weighted by molar-refractivity contribution is -0.122. The molecule has 0 unspecified atom stereocenters. The Morgan fingerprint density at radius 3 is 2.39 bits per heavy atom. The second-order valence-corrected chi connectivity index (χ2v) is 9.25. The summed E-state index contributed by atoms with van der Waals surface area (Å²) in [4.78, 5) is 39.3. The molecule has 0 radical (unpaired) electrons. The second kappa shape index (κ2) is 11.4. The summed E-state index contributed by atoms with van der Waals surface area (Å²) in [5, 5.41) is 2.64. The predicted molar refractivity (Wildman–Crippen MR) is 141 cm³/mol. The molecule has 0 aromatic heterocycles. The maximum atomic E-state index is 13.3. The van der Waals surface area contributed by atoms with E-state index >= 15 is 0 Å². The zero-order chi connectivity index (χ0) is 25.7. The number of ether oxygens (including phenoxy) is 2. The van der Waals surface area contributed by atoms with Crippen LogP contribution < -0.4 is 19.7 Å². The van der Waals surface area contributed by atoms with Gasteiger partial charge in [-0.1, -0.05) is 46.6 Å². The Morgan fingerprint density at radius 1 is 0.972 bits per heavy atom. The summed E-state index contributed by atoms with van der Waals surface area (Å²) >= 11 is 9.52. The molecule has 184 valence electrons. The fourth-order valence-electron chi connectivity index (χ4n) is 3.46.